The van der Waals surface area contributed by atoms with E-state index in [1.54, 1.807) is 0 Å². The fourth-order valence-electron chi connectivity index (χ4n) is 1.65. The summed E-state index contributed by atoms with van der Waals surface area (Å²) in [5.41, 5.74) is 0.184. The monoisotopic (exact) mass is 309 g/mol. The van der Waals surface area contributed by atoms with Crippen LogP contribution in [0.2, 0.25) is 0 Å². The van der Waals surface area contributed by atoms with Crippen LogP contribution in [0.5, 0.6) is 0 Å². The number of anilines is 1. The molecule has 0 saturated heterocycles. The minimum atomic E-state index is -1.45. The van der Waals surface area contributed by atoms with Crippen LogP contribution in [0.25, 0.3) is 0 Å². The second-order valence-electron chi connectivity index (χ2n) is 4.16. The minimum Gasteiger partial charge on any atom is -0.478 e. The molecule has 2 aromatic rings. The molecule has 1 heterocycles. The third-order valence-electron chi connectivity index (χ3n) is 2.54. The zero-order valence-corrected chi connectivity index (χ0v) is 11.8. The van der Waals surface area contributed by atoms with Crippen LogP contribution < -0.4 is 10.6 Å². The summed E-state index contributed by atoms with van der Waals surface area (Å²) in [7, 11) is 0. The molecule has 21 heavy (non-hydrogen) atoms. The Labute approximate surface area is 123 Å². The normalized spacial score (nSPS) is 10.2. The van der Waals surface area contributed by atoms with Gasteiger partial charge in [0.25, 0.3) is 0 Å². The quantitative estimate of drug-likeness (QED) is 0.809. The van der Waals surface area contributed by atoms with Gasteiger partial charge in [-0.25, -0.2) is 19.0 Å². The zero-order valence-electron chi connectivity index (χ0n) is 11.0. The van der Waals surface area contributed by atoms with E-state index >= 15 is 0 Å². The van der Waals surface area contributed by atoms with Gasteiger partial charge in [0, 0.05) is 11.1 Å². The van der Waals surface area contributed by atoms with E-state index in [9.17, 15) is 14.0 Å². The average molecular weight is 309 g/mol. The molecule has 0 saturated carbocycles. The molecule has 0 bridgehead atoms. The number of aromatic carboxylic acids is 1. The predicted octanol–water partition coefficient (Wildman–Crippen LogP) is 2.61. The van der Waals surface area contributed by atoms with Gasteiger partial charge in [0.2, 0.25) is 0 Å². The largest absolute Gasteiger partial charge is 0.478 e. The van der Waals surface area contributed by atoms with Crippen molar-refractivity contribution in [1.82, 2.24) is 10.3 Å². The summed E-state index contributed by atoms with van der Waals surface area (Å²) in [6.07, 6.45) is 0. The first-order valence-electron chi connectivity index (χ1n) is 5.95. The third-order valence-corrected chi connectivity index (χ3v) is 3.51. The van der Waals surface area contributed by atoms with Crippen LogP contribution in [0.3, 0.4) is 0 Å². The van der Waals surface area contributed by atoms with Crippen LogP contribution in [-0.2, 0) is 6.54 Å². The molecule has 0 fully saturated rings. The van der Waals surface area contributed by atoms with Crippen LogP contribution in [0, 0.1) is 12.7 Å². The van der Waals surface area contributed by atoms with Gasteiger partial charge in [0.15, 0.2) is 0 Å². The van der Waals surface area contributed by atoms with Crippen molar-refractivity contribution in [2.75, 3.05) is 5.32 Å². The molecular formula is C13H12FN3O3S. The van der Waals surface area contributed by atoms with Gasteiger partial charge in [-0.1, -0.05) is 6.07 Å². The number of nitrogens with zero attached hydrogens (tertiary/aromatic N) is 1. The molecule has 1 aromatic heterocycles. The second kappa shape index (κ2) is 6.31. The lowest BCUT2D eigenvalue weighted by Gasteiger charge is -2.09. The van der Waals surface area contributed by atoms with E-state index in [1.807, 2.05) is 12.3 Å². The van der Waals surface area contributed by atoms with Gasteiger partial charge in [0.05, 0.1) is 12.2 Å². The van der Waals surface area contributed by atoms with Crippen LogP contribution in [-0.4, -0.2) is 22.1 Å². The van der Waals surface area contributed by atoms with Gasteiger partial charge >= 0.3 is 12.0 Å². The van der Waals surface area contributed by atoms with E-state index in [1.165, 1.54) is 23.5 Å². The molecule has 0 atom stereocenters. The maximum Gasteiger partial charge on any atom is 0.340 e. The fraction of sp³-hybridized carbons (Fsp3) is 0.154. The van der Waals surface area contributed by atoms with E-state index in [0.717, 1.165) is 16.8 Å². The number of halogens is 1. The molecule has 0 aliphatic carbocycles. The summed E-state index contributed by atoms with van der Waals surface area (Å²) in [5, 5.41) is 16.4. The first-order valence-corrected chi connectivity index (χ1v) is 6.83. The van der Waals surface area contributed by atoms with E-state index in [0.29, 0.717) is 0 Å². The van der Waals surface area contributed by atoms with E-state index in [-0.39, 0.29) is 12.2 Å². The number of carboxylic acid groups (broad SMARTS) is 1. The Balaban J connectivity index is 2.03. The van der Waals surface area contributed by atoms with Gasteiger partial charge in [0.1, 0.15) is 16.4 Å². The lowest BCUT2D eigenvalue weighted by atomic mass is 10.1. The average Bonchev–Trinajstić information content (AvgIpc) is 2.82. The molecule has 1 aromatic carbocycles. The Kier molecular flexibility index (Phi) is 4.49. The number of amides is 2. The number of urea groups is 1. The molecule has 0 aliphatic rings. The highest BCUT2D eigenvalue weighted by Crippen LogP contribution is 2.18. The van der Waals surface area contributed by atoms with Crippen molar-refractivity contribution in [2.45, 2.75) is 13.5 Å². The molecule has 0 spiro atoms. The van der Waals surface area contributed by atoms with Crippen molar-refractivity contribution in [2.24, 2.45) is 0 Å². The number of carbonyl (C=O) groups excluding carboxylic acids is 1. The molecular weight excluding hydrogens is 297 g/mol. The number of thiazole rings is 1. The van der Waals surface area contributed by atoms with E-state index in [2.05, 4.69) is 15.6 Å². The molecule has 8 heteroatoms. The molecule has 2 rings (SSSR count). The van der Waals surface area contributed by atoms with Crippen molar-refractivity contribution in [3.8, 4) is 0 Å². The van der Waals surface area contributed by atoms with E-state index in [4.69, 9.17) is 5.11 Å². The highest BCUT2D eigenvalue weighted by Gasteiger charge is 2.17. The second-order valence-corrected chi connectivity index (χ2v) is 5.10. The molecule has 0 unspecified atom stereocenters. The molecule has 110 valence electrons. The summed E-state index contributed by atoms with van der Waals surface area (Å²) in [6, 6.07) is 3.03. The van der Waals surface area contributed by atoms with Gasteiger partial charge in [-0.3, -0.25) is 0 Å². The van der Waals surface area contributed by atoms with Crippen molar-refractivity contribution in [3.05, 3.63) is 45.7 Å². The number of aromatic nitrogens is 1. The number of benzene rings is 1. The lowest BCUT2D eigenvalue weighted by molar-refractivity contribution is 0.0693. The van der Waals surface area contributed by atoms with Gasteiger partial charge < -0.3 is 15.7 Å². The number of aryl methyl sites for hydroxylation is 1. The number of carboxylic acids is 1. The highest BCUT2D eigenvalue weighted by atomic mass is 32.1. The SMILES string of the molecule is Cc1csc(CNC(=O)Nc2cccc(F)c2C(=O)O)n1. The first-order chi connectivity index (χ1) is 9.97. The number of nitrogens with one attached hydrogen (secondary N) is 2. The van der Waals surface area contributed by atoms with Crippen molar-refractivity contribution >= 4 is 29.0 Å². The standard InChI is InChI=1S/C13H12FN3O3S/c1-7-6-21-10(16-7)5-15-13(20)17-9-4-2-3-8(14)11(9)12(18)19/h2-4,6H,5H2,1H3,(H,18,19)(H2,15,17,20). The number of carbonyl (C=O) groups is 2. The minimum absolute atomic E-state index is 0.102. The summed E-state index contributed by atoms with van der Waals surface area (Å²) in [6.45, 7) is 2.05. The molecule has 6 nitrogen and oxygen atoms in total. The third kappa shape index (κ3) is 3.76. The van der Waals surface area contributed by atoms with Crippen LogP contribution in [0.1, 0.15) is 21.1 Å². The Morgan fingerprint density at radius 2 is 2.19 bits per heavy atom. The van der Waals surface area contributed by atoms with Crippen LogP contribution >= 0.6 is 11.3 Å². The Hall–Kier alpha value is -2.48. The number of hydrogen-bond acceptors (Lipinski definition) is 4. The van der Waals surface area contributed by atoms with Gasteiger partial charge in [-0.15, -0.1) is 11.3 Å². The summed E-state index contributed by atoms with van der Waals surface area (Å²) in [4.78, 5) is 26.9. The topological polar surface area (TPSA) is 91.3 Å². The van der Waals surface area contributed by atoms with E-state index < -0.39 is 23.4 Å². The zero-order chi connectivity index (χ0) is 15.4. The molecule has 0 aliphatic heterocycles. The maximum absolute atomic E-state index is 13.4. The smallest absolute Gasteiger partial charge is 0.340 e. The lowest BCUT2D eigenvalue weighted by Crippen LogP contribution is -2.29. The van der Waals surface area contributed by atoms with Gasteiger partial charge in [-0.2, -0.15) is 0 Å². The van der Waals surface area contributed by atoms with Crippen molar-refractivity contribution in [1.29, 1.82) is 0 Å². The summed E-state index contributed by atoms with van der Waals surface area (Å²) in [5.74, 6) is -2.35. The van der Waals surface area contributed by atoms with Crippen molar-refractivity contribution in [3.63, 3.8) is 0 Å². The Morgan fingerprint density at radius 3 is 2.81 bits per heavy atom. The number of rotatable bonds is 4. The first kappa shape index (κ1) is 14.9. The van der Waals surface area contributed by atoms with Crippen LogP contribution in [0.4, 0.5) is 14.9 Å². The predicted molar refractivity (Wildman–Crippen MR) is 76.1 cm³/mol. The highest BCUT2D eigenvalue weighted by molar-refractivity contribution is 7.09. The Bertz CT molecular complexity index is 687. The summed E-state index contributed by atoms with van der Waals surface area (Å²) < 4.78 is 13.4. The van der Waals surface area contributed by atoms with Crippen LogP contribution in [0.15, 0.2) is 23.6 Å². The molecule has 0 radical (unpaired) electrons. The summed E-state index contributed by atoms with van der Waals surface area (Å²) >= 11 is 1.40. The maximum atomic E-state index is 13.4. The van der Waals surface area contributed by atoms with Gasteiger partial charge in [-0.05, 0) is 19.1 Å². The van der Waals surface area contributed by atoms with Crippen molar-refractivity contribution < 1.29 is 19.1 Å². The molecule has 2 amide bonds. The molecule has 3 N–H and O–H groups in total. The fourth-order valence-corrected chi connectivity index (χ4v) is 2.36. The number of hydrogen-bond donors (Lipinski definition) is 3. The Morgan fingerprint density at radius 1 is 1.43 bits per heavy atom.